The minimum Gasteiger partial charge on any atom is -0.422 e. The molecule has 31 heavy (non-hydrogen) atoms. The second kappa shape index (κ2) is 8.83. The predicted octanol–water partition coefficient (Wildman–Crippen LogP) is 3.29. The number of rotatable bonds is 7. The Kier molecular flexibility index (Phi) is 5.97. The minimum atomic E-state index is -0.375. The molecule has 0 unspecified atom stereocenters. The Bertz CT molecular complexity index is 1360. The highest BCUT2D eigenvalue weighted by molar-refractivity contribution is 5.84. The number of aryl methyl sites for hydroxylation is 2. The van der Waals surface area contributed by atoms with E-state index in [9.17, 15) is 9.59 Å². The van der Waals surface area contributed by atoms with Gasteiger partial charge in [0.2, 0.25) is 0 Å². The Hall–Kier alpha value is -3.29. The number of benzene rings is 2. The van der Waals surface area contributed by atoms with Crippen molar-refractivity contribution in [3.8, 4) is 0 Å². The quantitative estimate of drug-likeness (QED) is 0.463. The molecule has 0 amide bonds. The summed E-state index contributed by atoms with van der Waals surface area (Å²) in [7, 11) is 1.65. The maximum absolute atomic E-state index is 12.4. The Morgan fingerprint density at radius 3 is 2.68 bits per heavy atom. The molecule has 2 aromatic heterocycles. The number of methoxy groups -OCH3 is 1. The molecule has 7 heteroatoms. The van der Waals surface area contributed by atoms with Crippen molar-refractivity contribution in [2.45, 2.75) is 26.9 Å². The van der Waals surface area contributed by atoms with Crippen LogP contribution in [-0.4, -0.2) is 35.1 Å². The van der Waals surface area contributed by atoms with Crippen LogP contribution in [0, 0.1) is 13.8 Å². The number of para-hydroxylation sites is 1. The number of hydrogen-bond donors (Lipinski definition) is 1. The lowest BCUT2D eigenvalue weighted by molar-refractivity contribution is 0.138. The third-order valence-corrected chi connectivity index (χ3v) is 5.56. The van der Waals surface area contributed by atoms with Crippen LogP contribution < -0.4 is 11.2 Å². The monoisotopic (exact) mass is 419 g/mol. The maximum atomic E-state index is 12.4. The molecule has 0 atom stereocenters. The zero-order valence-corrected chi connectivity index (χ0v) is 17.9. The van der Waals surface area contributed by atoms with E-state index in [-0.39, 0.29) is 11.2 Å². The van der Waals surface area contributed by atoms with E-state index < -0.39 is 0 Å². The van der Waals surface area contributed by atoms with Gasteiger partial charge in [0.05, 0.1) is 24.1 Å². The van der Waals surface area contributed by atoms with Gasteiger partial charge < -0.3 is 14.1 Å². The van der Waals surface area contributed by atoms with Crippen LogP contribution in [-0.2, 0) is 17.8 Å². The Morgan fingerprint density at radius 2 is 1.87 bits per heavy atom. The first kappa shape index (κ1) is 21.0. The molecule has 0 saturated heterocycles. The van der Waals surface area contributed by atoms with Gasteiger partial charge in [-0.15, -0.1) is 0 Å². The Labute approximate surface area is 179 Å². The second-order valence-electron chi connectivity index (χ2n) is 7.71. The first-order valence-electron chi connectivity index (χ1n) is 10.2. The molecule has 0 spiro atoms. The molecule has 0 fully saturated rings. The standard InChI is InChI=1S/C24H25N3O4/c1-15-8-9-18-17(12-22(28)31-23(18)16(15)2)13-27(10-11-30-3)14-21-25-20-7-5-4-6-19(20)24(29)26-21/h4-9,12H,10-11,13-14H2,1-3H3,(H,25,26,29). The van der Waals surface area contributed by atoms with Gasteiger partial charge in [-0.25, -0.2) is 9.78 Å². The molecule has 0 bridgehead atoms. The first-order chi connectivity index (χ1) is 15.0. The second-order valence-corrected chi connectivity index (χ2v) is 7.71. The molecule has 0 aliphatic heterocycles. The van der Waals surface area contributed by atoms with Gasteiger partial charge in [-0.1, -0.05) is 24.3 Å². The summed E-state index contributed by atoms with van der Waals surface area (Å²) < 4.78 is 10.8. The fraction of sp³-hybridized carbons (Fsp3) is 0.292. The van der Waals surface area contributed by atoms with Crippen LogP contribution in [0.5, 0.6) is 0 Å². The fourth-order valence-corrected chi connectivity index (χ4v) is 3.75. The van der Waals surface area contributed by atoms with Crippen molar-refractivity contribution >= 4 is 21.9 Å². The fourth-order valence-electron chi connectivity index (χ4n) is 3.75. The van der Waals surface area contributed by atoms with Gasteiger partial charge >= 0.3 is 5.63 Å². The summed E-state index contributed by atoms with van der Waals surface area (Å²) in [6.45, 7) is 5.97. The summed E-state index contributed by atoms with van der Waals surface area (Å²) in [5.41, 5.74) is 3.64. The van der Waals surface area contributed by atoms with E-state index in [0.29, 0.717) is 48.6 Å². The molecule has 4 rings (SSSR count). The van der Waals surface area contributed by atoms with Crippen molar-refractivity contribution in [1.82, 2.24) is 14.9 Å². The number of hydrogen-bond acceptors (Lipinski definition) is 6. The summed E-state index contributed by atoms with van der Waals surface area (Å²) in [4.78, 5) is 34.3. The van der Waals surface area contributed by atoms with Gasteiger partial charge in [0, 0.05) is 31.7 Å². The maximum Gasteiger partial charge on any atom is 0.336 e. The van der Waals surface area contributed by atoms with Crippen molar-refractivity contribution in [1.29, 1.82) is 0 Å². The van der Waals surface area contributed by atoms with Crippen molar-refractivity contribution < 1.29 is 9.15 Å². The zero-order chi connectivity index (χ0) is 22.0. The van der Waals surface area contributed by atoms with E-state index in [1.54, 1.807) is 13.2 Å². The summed E-state index contributed by atoms with van der Waals surface area (Å²) >= 11 is 0. The Balaban J connectivity index is 1.71. The zero-order valence-electron chi connectivity index (χ0n) is 17.9. The minimum absolute atomic E-state index is 0.163. The molecule has 1 N–H and O–H groups in total. The Morgan fingerprint density at radius 1 is 1.06 bits per heavy atom. The van der Waals surface area contributed by atoms with E-state index in [2.05, 4.69) is 14.9 Å². The van der Waals surface area contributed by atoms with Crippen LogP contribution in [0.25, 0.3) is 21.9 Å². The van der Waals surface area contributed by atoms with E-state index in [1.165, 1.54) is 6.07 Å². The van der Waals surface area contributed by atoms with Crippen molar-refractivity contribution in [2.24, 2.45) is 0 Å². The molecular weight excluding hydrogens is 394 g/mol. The summed E-state index contributed by atoms with van der Waals surface area (Å²) in [5.74, 6) is 0.569. The summed E-state index contributed by atoms with van der Waals surface area (Å²) in [6.07, 6.45) is 0. The molecule has 160 valence electrons. The largest absolute Gasteiger partial charge is 0.422 e. The van der Waals surface area contributed by atoms with Crippen LogP contribution >= 0.6 is 0 Å². The third-order valence-electron chi connectivity index (χ3n) is 5.56. The molecule has 2 heterocycles. The lowest BCUT2D eigenvalue weighted by atomic mass is 10.0. The van der Waals surface area contributed by atoms with Gasteiger partial charge in [0.25, 0.3) is 5.56 Å². The average Bonchev–Trinajstić information content (AvgIpc) is 2.75. The topological polar surface area (TPSA) is 88.4 Å². The van der Waals surface area contributed by atoms with E-state index in [1.807, 2.05) is 44.2 Å². The smallest absolute Gasteiger partial charge is 0.336 e. The molecule has 0 aliphatic rings. The summed E-state index contributed by atoms with van der Waals surface area (Å²) in [5, 5.41) is 1.47. The lowest BCUT2D eigenvalue weighted by Gasteiger charge is -2.22. The molecular formula is C24H25N3O4. The van der Waals surface area contributed by atoms with Crippen molar-refractivity contribution in [2.75, 3.05) is 20.3 Å². The predicted molar refractivity (Wildman–Crippen MR) is 120 cm³/mol. The molecule has 4 aromatic rings. The number of nitrogens with zero attached hydrogens (tertiary/aromatic N) is 2. The normalized spacial score (nSPS) is 11.6. The highest BCUT2D eigenvalue weighted by Gasteiger charge is 2.15. The van der Waals surface area contributed by atoms with E-state index in [4.69, 9.17) is 9.15 Å². The van der Waals surface area contributed by atoms with Gasteiger partial charge in [0.15, 0.2) is 0 Å². The number of fused-ring (bicyclic) bond motifs is 2. The van der Waals surface area contributed by atoms with E-state index >= 15 is 0 Å². The van der Waals surface area contributed by atoms with Crippen LogP contribution in [0.2, 0.25) is 0 Å². The number of ether oxygens (including phenoxy) is 1. The van der Waals surface area contributed by atoms with Crippen LogP contribution in [0.1, 0.15) is 22.5 Å². The lowest BCUT2D eigenvalue weighted by Crippen LogP contribution is -2.29. The number of H-pyrrole nitrogens is 1. The molecule has 0 aliphatic carbocycles. The number of aromatic amines is 1. The van der Waals surface area contributed by atoms with Crippen LogP contribution in [0.4, 0.5) is 0 Å². The van der Waals surface area contributed by atoms with Crippen molar-refractivity contribution in [3.05, 3.63) is 85.8 Å². The third kappa shape index (κ3) is 4.42. The molecule has 0 radical (unpaired) electrons. The SMILES string of the molecule is COCCN(Cc1nc2ccccc2c(=O)[nH]1)Cc1cc(=O)oc2c(C)c(C)ccc12. The van der Waals surface area contributed by atoms with Gasteiger partial charge in [-0.3, -0.25) is 9.69 Å². The average molecular weight is 419 g/mol. The molecule has 2 aromatic carbocycles. The van der Waals surface area contributed by atoms with Crippen LogP contribution in [0.15, 0.2) is 56.5 Å². The highest BCUT2D eigenvalue weighted by atomic mass is 16.5. The molecule has 0 saturated carbocycles. The van der Waals surface area contributed by atoms with Crippen LogP contribution in [0.3, 0.4) is 0 Å². The van der Waals surface area contributed by atoms with Gasteiger partial charge in [-0.2, -0.15) is 0 Å². The van der Waals surface area contributed by atoms with Gasteiger partial charge in [-0.05, 0) is 42.7 Å². The van der Waals surface area contributed by atoms with E-state index in [0.717, 1.165) is 22.1 Å². The van der Waals surface area contributed by atoms with Gasteiger partial charge in [0.1, 0.15) is 11.4 Å². The highest BCUT2D eigenvalue weighted by Crippen LogP contribution is 2.24. The number of nitrogens with one attached hydrogen (secondary N) is 1. The number of aromatic nitrogens is 2. The first-order valence-corrected chi connectivity index (χ1v) is 10.2. The summed E-state index contributed by atoms with van der Waals surface area (Å²) in [6, 6.07) is 12.8. The van der Waals surface area contributed by atoms with Crippen molar-refractivity contribution in [3.63, 3.8) is 0 Å². The molecule has 7 nitrogen and oxygen atoms in total.